The summed E-state index contributed by atoms with van der Waals surface area (Å²) in [4.78, 5) is 12.0. The fraction of sp³-hybridized carbons (Fsp3) is 0.588. The van der Waals surface area contributed by atoms with Gasteiger partial charge in [0.05, 0.1) is 13.5 Å². The fourth-order valence-electron chi connectivity index (χ4n) is 2.95. The summed E-state index contributed by atoms with van der Waals surface area (Å²) in [5.74, 6) is 1.68. The lowest BCUT2D eigenvalue weighted by molar-refractivity contribution is -0.120. The molecule has 3 heteroatoms. The lowest BCUT2D eigenvalue weighted by Crippen LogP contribution is -2.31. The van der Waals surface area contributed by atoms with E-state index in [2.05, 4.69) is 5.32 Å². The first-order chi connectivity index (χ1) is 9.69. The smallest absolute Gasteiger partial charge is 0.224 e. The first-order valence-electron chi connectivity index (χ1n) is 7.59. The van der Waals surface area contributed by atoms with Crippen molar-refractivity contribution in [2.45, 2.75) is 45.4 Å². The summed E-state index contributed by atoms with van der Waals surface area (Å²) in [6.07, 6.45) is 6.98. The zero-order chi connectivity index (χ0) is 14.4. The van der Waals surface area contributed by atoms with Crippen molar-refractivity contribution in [3.05, 3.63) is 29.3 Å². The summed E-state index contributed by atoms with van der Waals surface area (Å²) in [5.41, 5.74) is 2.12. The van der Waals surface area contributed by atoms with Crippen LogP contribution in [0.2, 0.25) is 0 Å². The Bertz CT molecular complexity index is 450. The lowest BCUT2D eigenvalue weighted by Gasteiger charge is -2.21. The molecule has 1 aromatic rings. The Hall–Kier alpha value is -1.51. The monoisotopic (exact) mass is 275 g/mol. The van der Waals surface area contributed by atoms with Crippen LogP contribution in [0.1, 0.15) is 43.2 Å². The Balaban J connectivity index is 1.80. The third-order valence-electron chi connectivity index (χ3n) is 4.14. The number of hydrogen-bond acceptors (Lipinski definition) is 2. The van der Waals surface area contributed by atoms with Crippen molar-refractivity contribution < 1.29 is 9.53 Å². The number of carbonyl (C=O) groups is 1. The summed E-state index contributed by atoms with van der Waals surface area (Å²) >= 11 is 0. The molecule has 2 rings (SSSR count). The zero-order valence-corrected chi connectivity index (χ0v) is 12.6. The van der Waals surface area contributed by atoms with Gasteiger partial charge in [0.15, 0.2) is 0 Å². The molecule has 1 amide bonds. The SMILES string of the molecule is COc1ccc(CC(=O)NCC2CCCCC2)cc1C. The highest BCUT2D eigenvalue weighted by Gasteiger charge is 2.14. The summed E-state index contributed by atoms with van der Waals surface area (Å²) in [6, 6.07) is 5.92. The molecule has 0 radical (unpaired) electrons. The van der Waals surface area contributed by atoms with Gasteiger partial charge >= 0.3 is 0 Å². The molecule has 3 nitrogen and oxygen atoms in total. The van der Waals surface area contributed by atoms with Crippen LogP contribution in [0.3, 0.4) is 0 Å². The second-order valence-electron chi connectivity index (χ2n) is 5.79. The average Bonchev–Trinajstić information content (AvgIpc) is 2.46. The molecule has 1 aromatic carbocycles. The second-order valence-corrected chi connectivity index (χ2v) is 5.79. The molecule has 1 fully saturated rings. The van der Waals surface area contributed by atoms with E-state index < -0.39 is 0 Å². The van der Waals surface area contributed by atoms with E-state index in [1.165, 1.54) is 32.1 Å². The van der Waals surface area contributed by atoms with Crippen molar-refractivity contribution in [1.82, 2.24) is 5.32 Å². The predicted molar refractivity (Wildman–Crippen MR) is 81.0 cm³/mol. The highest BCUT2D eigenvalue weighted by molar-refractivity contribution is 5.78. The van der Waals surface area contributed by atoms with Gasteiger partial charge in [-0.15, -0.1) is 0 Å². The van der Waals surface area contributed by atoms with Gasteiger partial charge in [-0.05, 0) is 42.9 Å². The van der Waals surface area contributed by atoms with Gasteiger partial charge in [-0.2, -0.15) is 0 Å². The zero-order valence-electron chi connectivity index (χ0n) is 12.6. The summed E-state index contributed by atoms with van der Waals surface area (Å²) < 4.78 is 5.23. The number of rotatable bonds is 5. The van der Waals surface area contributed by atoms with E-state index in [1.807, 2.05) is 25.1 Å². The topological polar surface area (TPSA) is 38.3 Å². The van der Waals surface area contributed by atoms with Gasteiger partial charge in [-0.25, -0.2) is 0 Å². The number of amides is 1. The molecule has 0 saturated heterocycles. The van der Waals surface area contributed by atoms with Crippen molar-refractivity contribution >= 4 is 5.91 Å². The standard InChI is InChI=1S/C17H25NO2/c1-13-10-15(8-9-16(13)20-2)11-17(19)18-12-14-6-4-3-5-7-14/h8-10,14H,3-7,11-12H2,1-2H3,(H,18,19). The number of ether oxygens (including phenoxy) is 1. The molecule has 1 aliphatic carbocycles. The predicted octanol–water partition coefficient (Wildman–Crippen LogP) is 3.24. The van der Waals surface area contributed by atoms with Gasteiger partial charge in [-0.1, -0.05) is 31.4 Å². The van der Waals surface area contributed by atoms with E-state index in [-0.39, 0.29) is 5.91 Å². The number of nitrogens with one attached hydrogen (secondary N) is 1. The number of methoxy groups -OCH3 is 1. The molecular weight excluding hydrogens is 250 g/mol. The van der Waals surface area contributed by atoms with Crippen LogP contribution in [-0.4, -0.2) is 19.6 Å². The fourth-order valence-corrected chi connectivity index (χ4v) is 2.95. The van der Waals surface area contributed by atoms with Gasteiger partial charge in [0.1, 0.15) is 5.75 Å². The van der Waals surface area contributed by atoms with E-state index >= 15 is 0 Å². The van der Waals surface area contributed by atoms with Crippen molar-refractivity contribution in [3.63, 3.8) is 0 Å². The highest BCUT2D eigenvalue weighted by Crippen LogP contribution is 2.23. The van der Waals surface area contributed by atoms with Gasteiger partial charge in [0, 0.05) is 6.54 Å². The van der Waals surface area contributed by atoms with Crippen LogP contribution in [-0.2, 0) is 11.2 Å². The average molecular weight is 275 g/mol. The Morgan fingerprint density at radius 2 is 2.05 bits per heavy atom. The maximum atomic E-state index is 12.0. The summed E-state index contributed by atoms with van der Waals surface area (Å²) in [5, 5.41) is 3.08. The van der Waals surface area contributed by atoms with Crippen LogP contribution < -0.4 is 10.1 Å². The molecule has 0 aromatic heterocycles. The highest BCUT2D eigenvalue weighted by atomic mass is 16.5. The minimum absolute atomic E-state index is 0.125. The maximum Gasteiger partial charge on any atom is 0.224 e. The minimum Gasteiger partial charge on any atom is -0.496 e. The van der Waals surface area contributed by atoms with E-state index in [1.54, 1.807) is 7.11 Å². The second kappa shape index (κ2) is 7.32. The molecule has 1 saturated carbocycles. The van der Waals surface area contributed by atoms with E-state index in [0.717, 1.165) is 23.4 Å². The van der Waals surface area contributed by atoms with Crippen LogP contribution in [0.25, 0.3) is 0 Å². The molecule has 0 unspecified atom stereocenters. The van der Waals surface area contributed by atoms with Crippen LogP contribution in [0, 0.1) is 12.8 Å². The summed E-state index contributed by atoms with van der Waals surface area (Å²) in [7, 11) is 1.67. The number of hydrogen-bond donors (Lipinski definition) is 1. The molecule has 0 atom stereocenters. The molecule has 20 heavy (non-hydrogen) atoms. The normalized spacial score (nSPS) is 15.9. The van der Waals surface area contributed by atoms with E-state index in [9.17, 15) is 4.79 Å². The van der Waals surface area contributed by atoms with Crippen LogP contribution in [0.4, 0.5) is 0 Å². The molecule has 1 N–H and O–H groups in total. The van der Waals surface area contributed by atoms with Gasteiger partial charge < -0.3 is 10.1 Å². The quantitative estimate of drug-likeness (QED) is 0.896. The molecular formula is C17H25NO2. The maximum absolute atomic E-state index is 12.0. The first-order valence-corrected chi connectivity index (χ1v) is 7.59. The van der Waals surface area contributed by atoms with Crippen LogP contribution in [0.5, 0.6) is 5.75 Å². The van der Waals surface area contributed by atoms with Gasteiger partial charge in [0.25, 0.3) is 0 Å². The molecule has 110 valence electrons. The largest absolute Gasteiger partial charge is 0.496 e. The molecule has 0 aliphatic heterocycles. The Morgan fingerprint density at radius 3 is 2.70 bits per heavy atom. The molecule has 0 spiro atoms. The van der Waals surface area contributed by atoms with Crippen molar-refractivity contribution in [2.24, 2.45) is 5.92 Å². The van der Waals surface area contributed by atoms with Gasteiger partial charge in [-0.3, -0.25) is 4.79 Å². The molecule has 1 aliphatic rings. The lowest BCUT2D eigenvalue weighted by atomic mass is 9.89. The number of aryl methyl sites for hydroxylation is 1. The van der Waals surface area contributed by atoms with Crippen LogP contribution in [0.15, 0.2) is 18.2 Å². The van der Waals surface area contributed by atoms with Crippen molar-refractivity contribution in [3.8, 4) is 5.75 Å². The molecule has 0 bridgehead atoms. The number of carbonyl (C=O) groups excluding carboxylic acids is 1. The van der Waals surface area contributed by atoms with E-state index in [0.29, 0.717) is 12.3 Å². The van der Waals surface area contributed by atoms with Crippen molar-refractivity contribution in [2.75, 3.05) is 13.7 Å². The summed E-state index contributed by atoms with van der Waals surface area (Å²) in [6.45, 7) is 2.84. The van der Waals surface area contributed by atoms with Crippen molar-refractivity contribution in [1.29, 1.82) is 0 Å². The molecule has 0 heterocycles. The van der Waals surface area contributed by atoms with E-state index in [4.69, 9.17) is 4.74 Å². The first kappa shape index (κ1) is 14.9. The Labute approximate surface area is 121 Å². The number of benzene rings is 1. The van der Waals surface area contributed by atoms with Gasteiger partial charge in [0.2, 0.25) is 5.91 Å². The minimum atomic E-state index is 0.125. The third-order valence-corrected chi connectivity index (χ3v) is 4.14. The third kappa shape index (κ3) is 4.26. The Morgan fingerprint density at radius 1 is 1.30 bits per heavy atom. The Kier molecular flexibility index (Phi) is 5.45. The van der Waals surface area contributed by atoms with Crippen LogP contribution >= 0.6 is 0 Å².